The number of carboxylic acids is 2. The van der Waals surface area contributed by atoms with Crippen molar-refractivity contribution in [3.8, 4) is 0 Å². The normalized spacial score (nSPS) is 9.25. The average molecular weight is 184 g/mol. The molecule has 0 fully saturated rings. The van der Waals surface area contributed by atoms with E-state index in [0.717, 1.165) is 0 Å². The molecular formula is C6H8MgO5. The first-order chi connectivity index (χ1) is 4.57. The SMILES string of the molecule is CC/C(=C\C(=O)O)C(=O)[O-].[Mg+2].[OH-]. The quantitative estimate of drug-likeness (QED) is 0.429. The zero-order valence-electron chi connectivity index (χ0n) is 6.61. The van der Waals surface area contributed by atoms with E-state index in [1.165, 1.54) is 0 Å². The van der Waals surface area contributed by atoms with Gasteiger partial charge in [-0.15, -0.1) is 0 Å². The number of carbonyl (C=O) groups excluding carboxylic acids is 1. The smallest absolute Gasteiger partial charge is 0.870 e. The molecule has 0 radical (unpaired) electrons. The third kappa shape index (κ3) is 7.51. The van der Waals surface area contributed by atoms with Gasteiger partial charge in [0.25, 0.3) is 0 Å². The second-order valence-electron chi connectivity index (χ2n) is 1.65. The zero-order valence-corrected chi connectivity index (χ0v) is 8.02. The van der Waals surface area contributed by atoms with Crippen molar-refractivity contribution in [2.45, 2.75) is 13.3 Å². The minimum atomic E-state index is -1.43. The van der Waals surface area contributed by atoms with Crippen LogP contribution in [0.3, 0.4) is 0 Å². The standard InChI is InChI=1S/C6H8O4.Mg.H2O/c1-2-4(6(9)10)3-5(7)8;;/h3H,2H2,1H3,(H,7,8)(H,9,10);;1H2/q;+2;/p-2/b4-3+;;. The van der Waals surface area contributed by atoms with Crippen molar-refractivity contribution in [1.29, 1.82) is 0 Å². The largest absolute Gasteiger partial charge is 2.00 e. The van der Waals surface area contributed by atoms with Crippen LogP contribution in [0.1, 0.15) is 13.3 Å². The first-order valence-electron chi connectivity index (χ1n) is 2.72. The molecule has 0 amide bonds. The Labute approximate surface area is 85.5 Å². The summed E-state index contributed by atoms with van der Waals surface area (Å²) >= 11 is 0. The van der Waals surface area contributed by atoms with E-state index in [1.807, 2.05) is 0 Å². The van der Waals surface area contributed by atoms with Gasteiger partial charge >= 0.3 is 29.0 Å². The number of rotatable bonds is 3. The molecule has 6 heteroatoms. The van der Waals surface area contributed by atoms with Gasteiger partial charge in [0.2, 0.25) is 0 Å². The van der Waals surface area contributed by atoms with E-state index in [1.54, 1.807) is 6.92 Å². The Morgan fingerprint density at radius 1 is 1.50 bits per heavy atom. The summed E-state index contributed by atoms with van der Waals surface area (Å²) in [6.45, 7) is 1.55. The predicted molar refractivity (Wildman–Crippen MR) is 38.7 cm³/mol. The fraction of sp³-hybridized carbons (Fsp3) is 0.333. The molecule has 0 heterocycles. The molecule has 0 aromatic carbocycles. The van der Waals surface area contributed by atoms with E-state index in [-0.39, 0.29) is 40.5 Å². The van der Waals surface area contributed by atoms with Gasteiger partial charge in [0.1, 0.15) is 0 Å². The van der Waals surface area contributed by atoms with Gasteiger partial charge in [0.05, 0.1) is 5.97 Å². The van der Waals surface area contributed by atoms with Gasteiger partial charge in [-0.2, -0.15) is 0 Å². The maximum atomic E-state index is 10.0. The third-order valence-electron chi connectivity index (χ3n) is 0.941. The van der Waals surface area contributed by atoms with E-state index in [4.69, 9.17) is 5.11 Å². The second-order valence-corrected chi connectivity index (χ2v) is 1.65. The molecule has 0 spiro atoms. The molecule has 0 saturated carbocycles. The Hall–Kier alpha value is -0.594. The van der Waals surface area contributed by atoms with Crippen LogP contribution in [0.15, 0.2) is 11.6 Å². The summed E-state index contributed by atoms with van der Waals surface area (Å²) in [6, 6.07) is 0. The van der Waals surface area contributed by atoms with Crippen molar-refractivity contribution in [3.05, 3.63) is 11.6 Å². The van der Waals surface area contributed by atoms with Crippen LogP contribution in [0.5, 0.6) is 0 Å². The minimum absolute atomic E-state index is 0. The van der Waals surface area contributed by atoms with Crippen molar-refractivity contribution < 1.29 is 25.3 Å². The molecule has 2 N–H and O–H groups in total. The first-order valence-corrected chi connectivity index (χ1v) is 2.72. The average Bonchev–Trinajstić information content (AvgIpc) is 1.81. The van der Waals surface area contributed by atoms with Gasteiger partial charge < -0.3 is 20.5 Å². The third-order valence-corrected chi connectivity index (χ3v) is 0.941. The zero-order chi connectivity index (χ0) is 8.15. The summed E-state index contributed by atoms with van der Waals surface area (Å²) in [7, 11) is 0. The van der Waals surface area contributed by atoms with E-state index in [2.05, 4.69) is 0 Å². The Morgan fingerprint density at radius 3 is 2.00 bits per heavy atom. The number of hydrogen-bond donors (Lipinski definition) is 1. The van der Waals surface area contributed by atoms with Crippen LogP contribution >= 0.6 is 0 Å². The van der Waals surface area contributed by atoms with Crippen molar-refractivity contribution in [2.75, 3.05) is 0 Å². The molecule has 0 aromatic rings. The van der Waals surface area contributed by atoms with Gasteiger partial charge in [-0.3, -0.25) is 0 Å². The van der Waals surface area contributed by atoms with Crippen LogP contribution in [0.4, 0.5) is 0 Å². The summed E-state index contributed by atoms with van der Waals surface area (Å²) in [5.41, 5.74) is -0.201. The fourth-order valence-electron chi connectivity index (χ4n) is 0.454. The van der Waals surface area contributed by atoms with Crippen LogP contribution in [0.25, 0.3) is 0 Å². The second kappa shape index (κ2) is 8.50. The molecule has 64 valence electrons. The van der Waals surface area contributed by atoms with Crippen LogP contribution < -0.4 is 5.11 Å². The van der Waals surface area contributed by atoms with Crippen molar-refractivity contribution in [3.63, 3.8) is 0 Å². The van der Waals surface area contributed by atoms with Crippen LogP contribution in [0, 0.1) is 0 Å². The summed E-state index contributed by atoms with van der Waals surface area (Å²) in [5.74, 6) is -2.69. The Kier molecular flexibility index (Phi) is 12.4. The van der Waals surface area contributed by atoms with Gasteiger partial charge in [0.15, 0.2) is 0 Å². The number of carbonyl (C=O) groups is 2. The van der Waals surface area contributed by atoms with Crippen LogP contribution in [-0.2, 0) is 9.59 Å². The predicted octanol–water partition coefficient (Wildman–Crippen LogP) is -1.40. The van der Waals surface area contributed by atoms with E-state index < -0.39 is 11.9 Å². The molecule has 0 rings (SSSR count). The van der Waals surface area contributed by atoms with Crippen LogP contribution in [-0.4, -0.2) is 45.6 Å². The summed E-state index contributed by atoms with van der Waals surface area (Å²) in [4.78, 5) is 19.9. The topological polar surface area (TPSA) is 107 Å². The van der Waals surface area contributed by atoms with E-state index in [9.17, 15) is 14.7 Å². The monoisotopic (exact) mass is 184 g/mol. The number of aliphatic carboxylic acids is 2. The van der Waals surface area contributed by atoms with Crippen molar-refractivity contribution in [1.82, 2.24) is 0 Å². The van der Waals surface area contributed by atoms with Gasteiger partial charge in [-0.05, 0) is 12.0 Å². The Morgan fingerprint density at radius 2 is 1.92 bits per heavy atom. The molecular weight excluding hydrogens is 176 g/mol. The van der Waals surface area contributed by atoms with E-state index in [0.29, 0.717) is 6.08 Å². The molecule has 0 saturated heterocycles. The fourth-order valence-corrected chi connectivity index (χ4v) is 0.454. The molecule has 0 atom stereocenters. The van der Waals surface area contributed by atoms with Gasteiger partial charge in [0, 0.05) is 6.08 Å². The molecule has 5 nitrogen and oxygen atoms in total. The summed E-state index contributed by atoms with van der Waals surface area (Å²) in [5, 5.41) is 18.1. The summed E-state index contributed by atoms with van der Waals surface area (Å²) < 4.78 is 0. The Balaban J connectivity index is -0.000000405. The maximum absolute atomic E-state index is 10.0. The van der Waals surface area contributed by atoms with Crippen molar-refractivity contribution in [2.24, 2.45) is 0 Å². The molecule has 12 heavy (non-hydrogen) atoms. The number of hydrogen-bond acceptors (Lipinski definition) is 4. The molecule has 0 bridgehead atoms. The summed E-state index contributed by atoms with van der Waals surface area (Å²) in [6.07, 6.45) is 0.796. The van der Waals surface area contributed by atoms with Crippen molar-refractivity contribution >= 4 is 35.0 Å². The molecule has 0 aliphatic heterocycles. The van der Waals surface area contributed by atoms with Gasteiger partial charge in [-0.25, -0.2) is 4.79 Å². The van der Waals surface area contributed by atoms with Gasteiger partial charge in [-0.1, -0.05) is 6.92 Å². The first kappa shape index (κ1) is 17.5. The number of carboxylic acid groups (broad SMARTS) is 2. The molecule has 0 aliphatic rings. The van der Waals surface area contributed by atoms with E-state index >= 15 is 0 Å². The minimum Gasteiger partial charge on any atom is -0.870 e. The molecule has 0 aliphatic carbocycles. The molecule has 0 aromatic heterocycles. The van der Waals surface area contributed by atoms with Crippen LogP contribution in [0.2, 0.25) is 0 Å². The molecule has 0 unspecified atom stereocenters. The maximum Gasteiger partial charge on any atom is 2.00 e. The Bertz CT molecular complexity index is 186.